The quantitative estimate of drug-likeness (QED) is 0.726. The van der Waals surface area contributed by atoms with Crippen LogP contribution in [0.5, 0.6) is 0 Å². The number of nitrogens with zero attached hydrogens (tertiary/aromatic N) is 3. The lowest BCUT2D eigenvalue weighted by Crippen LogP contribution is -2.28. The van der Waals surface area contributed by atoms with Crippen molar-refractivity contribution in [2.24, 2.45) is 0 Å². The summed E-state index contributed by atoms with van der Waals surface area (Å²) in [6.45, 7) is 4.70. The molecule has 0 unspecified atom stereocenters. The van der Waals surface area contributed by atoms with Crippen LogP contribution in [-0.2, 0) is 11.3 Å². The summed E-state index contributed by atoms with van der Waals surface area (Å²) in [5.41, 5.74) is 2.68. The fourth-order valence-electron chi connectivity index (χ4n) is 3.54. The first-order valence-electron chi connectivity index (χ1n) is 9.62. The number of amides is 2. The average Bonchev–Trinajstić information content (AvgIpc) is 3.03. The van der Waals surface area contributed by atoms with Crippen molar-refractivity contribution in [3.8, 4) is 0 Å². The highest BCUT2D eigenvalue weighted by atomic mass is 16.2. The fraction of sp³-hybridized carbons (Fsp3) is 0.273. The molecule has 0 saturated heterocycles. The zero-order valence-electron chi connectivity index (χ0n) is 16.4. The number of benzene rings is 2. The number of rotatable bonds is 5. The number of hydrogen-bond donors (Lipinski definition) is 1. The van der Waals surface area contributed by atoms with E-state index in [-0.39, 0.29) is 29.8 Å². The van der Waals surface area contributed by atoms with Crippen LogP contribution < -0.4 is 10.9 Å². The number of fused-ring (bicyclic) bond motifs is 2. The summed E-state index contributed by atoms with van der Waals surface area (Å²) in [5.74, 6) is -0.249. The minimum absolute atomic E-state index is 0.000215. The first-order chi connectivity index (χ1) is 13.9. The molecule has 7 nitrogen and oxygen atoms in total. The van der Waals surface area contributed by atoms with Crippen molar-refractivity contribution in [1.29, 1.82) is 0 Å². The molecule has 2 aromatic carbocycles. The summed E-state index contributed by atoms with van der Waals surface area (Å²) < 4.78 is 1.56. The third-order valence-corrected chi connectivity index (χ3v) is 5.13. The monoisotopic (exact) mass is 390 g/mol. The maximum atomic E-state index is 12.6. The molecule has 148 valence electrons. The Morgan fingerprint density at radius 2 is 1.97 bits per heavy atom. The molecule has 0 atom stereocenters. The van der Waals surface area contributed by atoms with E-state index in [1.807, 2.05) is 38.1 Å². The Balaban J connectivity index is 1.44. The van der Waals surface area contributed by atoms with Gasteiger partial charge in [0.2, 0.25) is 5.91 Å². The van der Waals surface area contributed by atoms with Crippen molar-refractivity contribution in [3.63, 3.8) is 0 Å². The summed E-state index contributed by atoms with van der Waals surface area (Å²) >= 11 is 0. The molecule has 2 heterocycles. The highest BCUT2D eigenvalue weighted by Gasteiger charge is 2.26. The van der Waals surface area contributed by atoms with Crippen molar-refractivity contribution in [2.75, 3.05) is 11.9 Å². The second kappa shape index (κ2) is 7.50. The number of hydrogen-bond acceptors (Lipinski definition) is 4. The first-order valence-corrected chi connectivity index (χ1v) is 9.62. The zero-order chi connectivity index (χ0) is 20.5. The third kappa shape index (κ3) is 3.63. The van der Waals surface area contributed by atoms with Crippen molar-refractivity contribution in [1.82, 2.24) is 14.5 Å². The minimum Gasteiger partial charge on any atom is -0.334 e. The van der Waals surface area contributed by atoms with Crippen LogP contribution in [0.4, 0.5) is 5.69 Å². The van der Waals surface area contributed by atoms with Gasteiger partial charge in [-0.1, -0.05) is 18.2 Å². The fourth-order valence-corrected chi connectivity index (χ4v) is 3.54. The van der Waals surface area contributed by atoms with Crippen LogP contribution >= 0.6 is 0 Å². The molecule has 0 aliphatic carbocycles. The molecule has 29 heavy (non-hydrogen) atoms. The molecule has 0 spiro atoms. The number of anilines is 1. The van der Waals surface area contributed by atoms with E-state index in [9.17, 15) is 14.4 Å². The Hall–Kier alpha value is -3.48. The van der Waals surface area contributed by atoms with Gasteiger partial charge in [0, 0.05) is 36.8 Å². The predicted octanol–water partition coefficient (Wildman–Crippen LogP) is 2.96. The van der Waals surface area contributed by atoms with Gasteiger partial charge in [-0.25, -0.2) is 4.98 Å². The molecule has 2 amide bonds. The highest BCUT2D eigenvalue weighted by molar-refractivity contribution is 5.99. The molecular formula is C22H22N4O3. The van der Waals surface area contributed by atoms with E-state index < -0.39 is 0 Å². The second-order valence-corrected chi connectivity index (χ2v) is 7.46. The molecule has 0 bridgehead atoms. The first kappa shape index (κ1) is 18.9. The SMILES string of the molecule is CC(C)n1cnc2ccc(NC(=O)CCN3Cc4ccccc4C3=O)cc2c1=O. The Morgan fingerprint density at radius 3 is 2.72 bits per heavy atom. The molecule has 1 aliphatic rings. The van der Waals surface area contributed by atoms with Gasteiger partial charge in [0.05, 0.1) is 17.2 Å². The summed E-state index contributed by atoms with van der Waals surface area (Å²) in [5, 5.41) is 3.28. The van der Waals surface area contributed by atoms with Crippen molar-refractivity contribution in [2.45, 2.75) is 32.9 Å². The smallest absolute Gasteiger partial charge is 0.261 e. The Labute approximate surface area is 168 Å². The molecule has 0 saturated carbocycles. The number of nitrogens with one attached hydrogen (secondary N) is 1. The number of carbonyl (C=O) groups is 2. The predicted molar refractivity (Wildman–Crippen MR) is 111 cm³/mol. The van der Waals surface area contributed by atoms with Gasteiger partial charge in [0.25, 0.3) is 11.5 Å². The number of carbonyl (C=O) groups excluding carboxylic acids is 2. The molecule has 1 aliphatic heterocycles. The van der Waals surface area contributed by atoms with Crippen LogP contribution in [0.1, 0.15) is 42.2 Å². The van der Waals surface area contributed by atoms with Gasteiger partial charge in [-0.3, -0.25) is 19.0 Å². The molecule has 1 N–H and O–H groups in total. The van der Waals surface area contributed by atoms with Crippen LogP contribution in [0.15, 0.2) is 53.6 Å². The maximum Gasteiger partial charge on any atom is 0.261 e. The molecule has 4 rings (SSSR count). The van der Waals surface area contributed by atoms with Crippen LogP contribution in [0.25, 0.3) is 10.9 Å². The summed E-state index contributed by atoms with van der Waals surface area (Å²) in [4.78, 5) is 43.4. The largest absolute Gasteiger partial charge is 0.334 e. The van der Waals surface area contributed by atoms with E-state index in [1.54, 1.807) is 34.0 Å². The van der Waals surface area contributed by atoms with Gasteiger partial charge in [-0.2, -0.15) is 0 Å². The van der Waals surface area contributed by atoms with Crippen molar-refractivity contribution < 1.29 is 9.59 Å². The Kier molecular flexibility index (Phi) is 4.88. The van der Waals surface area contributed by atoms with Crippen LogP contribution in [0.3, 0.4) is 0 Å². The standard InChI is InChI=1S/C22H22N4O3/c1-14(2)26-13-23-19-8-7-16(11-18(19)22(26)29)24-20(27)9-10-25-12-15-5-3-4-6-17(15)21(25)28/h3-8,11,13-14H,9-10,12H2,1-2H3,(H,24,27). The normalized spacial score (nSPS) is 13.2. The van der Waals surface area contributed by atoms with E-state index in [0.717, 1.165) is 5.56 Å². The average molecular weight is 390 g/mol. The highest BCUT2D eigenvalue weighted by Crippen LogP contribution is 2.22. The lowest BCUT2D eigenvalue weighted by molar-refractivity contribution is -0.116. The van der Waals surface area contributed by atoms with Gasteiger partial charge in [0.1, 0.15) is 0 Å². The molecule has 0 radical (unpaired) electrons. The van der Waals surface area contributed by atoms with E-state index in [2.05, 4.69) is 10.3 Å². The van der Waals surface area contributed by atoms with Gasteiger partial charge < -0.3 is 10.2 Å². The summed E-state index contributed by atoms with van der Waals surface area (Å²) in [6.07, 6.45) is 1.72. The molecular weight excluding hydrogens is 368 g/mol. The van der Waals surface area contributed by atoms with E-state index in [1.165, 1.54) is 0 Å². The van der Waals surface area contributed by atoms with Gasteiger partial charge in [-0.05, 0) is 43.7 Å². The minimum atomic E-state index is -0.207. The van der Waals surface area contributed by atoms with E-state index in [4.69, 9.17) is 0 Å². The van der Waals surface area contributed by atoms with Crippen molar-refractivity contribution >= 4 is 28.4 Å². The summed E-state index contributed by atoms with van der Waals surface area (Å²) in [7, 11) is 0. The molecule has 7 heteroatoms. The van der Waals surface area contributed by atoms with Gasteiger partial charge in [-0.15, -0.1) is 0 Å². The second-order valence-electron chi connectivity index (χ2n) is 7.46. The maximum absolute atomic E-state index is 12.6. The molecule has 0 fully saturated rings. The van der Waals surface area contributed by atoms with E-state index >= 15 is 0 Å². The third-order valence-electron chi connectivity index (χ3n) is 5.13. The Morgan fingerprint density at radius 1 is 1.17 bits per heavy atom. The molecule has 3 aromatic rings. The van der Waals surface area contributed by atoms with E-state index in [0.29, 0.717) is 35.2 Å². The van der Waals surface area contributed by atoms with Gasteiger partial charge in [0.15, 0.2) is 0 Å². The van der Waals surface area contributed by atoms with Crippen molar-refractivity contribution in [3.05, 3.63) is 70.3 Å². The topological polar surface area (TPSA) is 84.3 Å². The Bertz CT molecular complexity index is 1170. The van der Waals surface area contributed by atoms with Crippen LogP contribution in [0, 0.1) is 0 Å². The zero-order valence-corrected chi connectivity index (χ0v) is 16.4. The van der Waals surface area contributed by atoms with Gasteiger partial charge >= 0.3 is 0 Å². The van der Waals surface area contributed by atoms with Crippen LogP contribution in [-0.4, -0.2) is 32.8 Å². The lowest BCUT2D eigenvalue weighted by Gasteiger charge is -2.15. The van der Waals surface area contributed by atoms with Crippen LogP contribution in [0.2, 0.25) is 0 Å². The summed E-state index contributed by atoms with van der Waals surface area (Å²) in [6, 6.07) is 12.6. The molecule has 1 aromatic heterocycles. The lowest BCUT2D eigenvalue weighted by atomic mass is 10.1. The number of aromatic nitrogens is 2.